The normalized spacial score (nSPS) is 52.8. The molecule has 1 N–H and O–H groups in total. The van der Waals surface area contributed by atoms with Crippen LogP contribution in [-0.2, 0) is 0 Å². The van der Waals surface area contributed by atoms with Crippen molar-refractivity contribution in [3.63, 3.8) is 0 Å². The van der Waals surface area contributed by atoms with E-state index < -0.39 is 0 Å². The number of allylic oxidation sites excluding steroid dienone is 1. The highest BCUT2D eigenvalue weighted by atomic mass is 16.3. The fraction of sp³-hybridized carbons (Fsp3) is 0.935. The van der Waals surface area contributed by atoms with E-state index in [0.29, 0.717) is 27.6 Å². The molecule has 5 aliphatic carbocycles. The second-order valence-corrected chi connectivity index (χ2v) is 14.8. The van der Waals surface area contributed by atoms with E-state index >= 15 is 0 Å². The molecule has 182 valence electrons. The third-order valence-corrected chi connectivity index (χ3v) is 13.7. The molecule has 0 radical (unpaired) electrons. The predicted molar refractivity (Wildman–Crippen MR) is 135 cm³/mol. The molecule has 32 heavy (non-hydrogen) atoms. The summed E-state index contributed by atoms with van der Waals surface area (Å²) in [6.45, 7) is 21.6. The van der Waals surface area contributed by atoms with Crippen molar-refractivity contribution < 1.29 is 5.11 Å². The smallest absolute Gasteiger partial charge is 0.0594 e. The molecule has 0 bridgehead atoms. The lowest BCUT2D eigenvalue weighted by atomic mass is 9.41. The van der Waals surface area contributed by atoms with Gasteiger partial charge in [-0.15, -0.1) is 0 Å². The van der Waals surface area contributed by atoms with Crippen molar-refractivity contribution in [2.75, 3.05) is 0 Å². The Morgan fingerprint density at radius 3 is 2.19 bits per heavy atom. The topological polar surface area (TPSA) is 20.2 Å². The lowest BCUT2D eigenvalue weighted by molar-refractivity contribution is -0.161. The summed E-state index contributed by atoms with van der Waals surface area (Å²) < 4.78 is 0. The Labute approximate surface area is 199 Å². The molecular formula is C31H52O. The summed E-state index contributed by atoms with van der Waals surface area (Å²) in [7, 11) is 0. The Morgan fingerprint density at radius 2 is 1.50 bits per heavy atom. The second kappa shape index (κ2) is 7.11. The summed E-state index contributed by atoms with van der Waals surface area (Å²) in [5.74, 6) is 4.09. The number of hydrogen-bond acceptors (Lipinski definition) is 1. The van der Waals surface area contributed by atoms with Crippen LogP contribution in [0.3, 0.4) is 0 Å². The first-order valence-corrected chi connectivity index (χ1v) is 14.2. The van der Waals surface area contributed by atoms with E-state index in [9.17, 15) is 5.11 Å². The van der Waals surface area contributed by atoms with Crippen LogP contribution in [0.1, 0.15) is 119 Å². The van der Waals surface area contributed by atoms with E-state index in [2.05, 4.69) is 55.0 Å². The molecule has 5 rings (SSSR count). The molecule has 0 amide bonds. The minimum Gasteiger partial charge on any atom is -0.393 e. The molecule has 5 saturated carbocycles. The number of aliphatic hydroxyl groups is 1. The van der Waals surface area contributed by atoms with Gasteiger partial charge < -0.3 is 5.11 Å². The molecule has 0 aromatic heterocycles. The minimum absolute atomic E-state index is 0.0879. The average Bonchev–Trinajstić information content (AvgIpc) is 3.31. The van der Waals surface area contributed by atoms with Crippen molar-refractivity contribution in [2.24, 2.45) is 56.7 Å². The monoisotopic (exact) mass is 440 g/mol. The van der Waals surface area contributed by atoms with Gasteiger partial charge in [0.25, 0.3) is 0 Å². The maximum atomic E-state index is 10.9. The van der Waals surface area contributed by atoms with E-state index in [1.165, 1.54) is 69.8 Å². The molecular weight excluding hydrogens is 388 g/mol. The minimum atomic E-state index is -0.0879. The van der Waals surface area contributed by atoms with Crippen molar-refractivity contribution in [3.8, 4) is 0 Å². The van der Waals surface area contributed by atoms with Gasteiger partial charge in [0.2, 0.25) is 0 Å². The number of aliphatic hydroxyl groups excluding tert-OH is 1. The quantitative estimate of drug-likeness (QED) is 0.425. The van der Waals surface area contributed by atoms with Gasteiger partial charge in [0.05, 0.1) is 6.10 Å². The number of rotatable bonds is 5. The number of hydrogen-bond donors (Lipinski definition) is 1. The third kappa shape index (κ3) is 2.73. The van der Waals surface area contributed by atoms with Gasteiger partial charge in [0, 0.05) is 0 Å². The van der Waals surface area contributed by atoms with Gasteiger partial charge in [-0.05, 0) is 134 Å². The van der Waals surface area contributed by atoms with Crippen LogP contribution >= 0.6 is 0 Å². The Bertz CT molecular complexity index is 781. The van der Waals surface area contributed by atoms with Crippen LogP contribution in [0.25, 0.3) is 0 Å². The highest BCUT2D eigenvalue weighted by Gasteiger charge is 2.82. The van der Waals surface area contributed by atoms with Crippen LogP contribution < -0.4 is 0 Å². The zero-order valence-corrected chi connectivity index (χ0v) is 22.4. The number of fused-ring (bicyclic) bond motifs is 2. The van der Waals surface area contributed by atoms with Crippen LogP contribution in [0.5, 0.6) is 0 Å². The summed E-state index contributed by atoms with van der Waals surface area (Å²) in [6, 6.07) is 0. The van der Waals surface area contributed by atoms with Gasteiger partial charge in [-0.3, -0.25) is 0 Å². The summed E-state index contributed by atoms with van der Waals surface area (Å²) in [4.78, 5) is 0. The average molecular weight is 441 g/mol. The molecule has 0 aromatic carbocycles. The van der Waals surface area contributed by atoms with Gasteiger partial charge >= 0.3 is 0 Å². The first-order valence-electron chi connectivity index (χ1n) is 14.2. The van der Waals surface area contributed by atoms with Crippen molar-refractivity contribution in [1.29, 1.82) is 0 Å². The van der Waals surface area contributed by atoms with Crippen LogP contribution in [0.15, 0.2) is 12.2 Å². The molecule has 0 unspecified atom stereocenters. The fourth-order valence-corrected chi connectivity index (χ4v) is 11.3. The summed E-state index contributed by atoms with van der Waals surface area (Å²) >= 11 is 0. The second-order valence-electron chi connectivity index (χ2n) is 14.8. The van der Waals surface area contributed by atoms with Gasteiger partial charge in [0.1, 0.15) is 0 Å². The Balaban J connectivity index is 1.39. The van der Waals surface area contributed by atoms with Gasteiger partial charge in [0.15, 0.2) is 0 Å². The van der Waals surface area contributed by atoms with Crippen molar-refractivity contribution in [2.45, 2.75) is 125 Å². The highest BCUT2D eigenvalue weighted by molar-refractivity contribution is 5.30. The summed E-state index contributed by atoms with van der Waals surface area (Å²) in [5, 5.41) is 10.9. The van der Waals surface area contributed by atoms with E-state index in [4.69, 9.17) is 0 Å². The van der Waals surface area contributed by atoms with Gasteiger partial charge in [-0.2, -0.15) is 0 Å². The van der Waals surface area contributed by atoms with E-state index in [1.807, 2.05) is 0 Å². The molecule has 10 atom stereocenters. The SMILES string of the molecule is C=C(C)[C@H](C)CC[C@@H](C)[C@H]1CC[C@@]2(C)[C@H]3CC[C@H]4C(C)(C)[C@@H](O)CC[C@@]45C[C@@]35CC[C@]12C. The molecule has 0 aliphatic heterocycles. The largest absolute Gasteiger partial charge is 0.393 e. The molecule has 0 heterocycles. The first-order chi connectivity index (χ1) is 14.9. The lowest BCUT2D eigenvalue weighted by Crippen LogP contribution is -2.57. The molecule has 5 aliphatic rings. The summed E-state index contributed by atoms with van der Waals surface area (Å²) in [5.41, 5.74) is 3.71. The van der Waals surface area contributed by atoms with Crippen molar-refractivity contribution in [3.05, 3.63) is 12.2 Å². The maximum Gasteiger partial charge on any atom is 0.0594 e. The maximum absolute atomic E-state index is 10.9. The highest BCUT2D eigenvalue weighted by Crippen LogP contribution is 2.89. The Hall–Kier alpha value is -0.300. The molecule has 1 heteroatoms. The van der Waals surface area contributed by atoms with Crippen LogP contribution in [0, 0.1) is 56.7 Å². The molecule has 0 saturated heterocycles. The molecule has 0 aromatic rings. The lowest BCUT2D eigenvalue weighted by Gasteiger charge is -2.63. The van der Waals surface area contributed by atoms with Crippen molar-refractivity contribution in [1.82, 2.24) is 0 Å². The van der Waals surface area contributed by atoms with E-state index in [1.54, 1.807) is 0 Å². The first kappa shape index (κ1) is 23.4. The van der Waals surface area contributed by atoms with E-state index in [-0.39, 0.29) is 11.5 Å². The summed E-state index contributed by atoms with van der Waals surface area (Å²) in [6.07, 6.45) is 15.1. The van der Waals surface area contributed by atoms with Crippen LogP contribution in [0.2, 0.25) is 0 Å². The fourth-order valence-electron chi connectivity index (χ4n) is 11.3. The zero-order valence-electron chi connectivity index (χ0n) is 22.4. The van der Waals surface area contributed by atoms with Gasteiger partial charge in [-0.1, -0.05) is 53.7 Å². The Morgan fingerprint density at radius 1 is 0.844 bits per heavy atom. The van der Waals surface area contributed by atoms with E-state index in [0.717, 1.165) is 30.1 Å². The molecule has 2 spiro atoms. The zero-order chi connectivity index (χ0) is 23.3. The third-order valence-electron chi connectivity index (χ3n) is 13.7. The predicted octanol–water partition coefficient (Wildman–Crippen LogP) is 8.41. The van der Waals surface area contributed by atoms with Crippen LogP contribution in [0.4, 0.5) is 0 Å². The molecule has 1 nitrogen and oxygen atoms in total. The Kier molecular flexibility index (Phi) is 5.21. The van der Waals surface area contributed by atoms with Crippen molar-refractivity contribution >= 4 is 0 Å². The van der Waals surface area contributed by atoms with Crippen LogP contribution in [-0.4, -0.2) is 11.2 Å². The molecule has 5 fully saturated rings. The van der Waals surface area contributed by atoms with Gasteiger partial charge in [-0.25, -0.2) is 0 Å². The standard InChI is InChI=1S/C31H52O/c1-20(2)21(3)9-10-22(4)23-13-15-29(8)25-12-11-24-27(5,6)26(32)14-16-30(24)19-31(25,30)18-17-28(23,29)7/h21-26,32H,1,9-19H2,2-8H3/t21-,22-,23-,24+,25-,26+,28-,29+,30-,31+/m1/s1.